The molecular formula is C24H21NO5. The second kappa shape index (κ2) is 7.63. The van der Waals surface area contributed by atoms with Crippen LogP contribution in [0.5, 0.6) is 5.75 Å². The molecule has 0 saturated heterocycles. The monoisotopic (exact) mass is 403 g/mol. The third-order valence-corrected chi connectivity index (χ3v) is 5.33. The lowest BCUT2D eigenvalue weighted by atomic mass is 9.74. The summed E-state index contributed by atoms with van der Waals surface area (Å²) in [6.45, 7) is 3.53. The van der Waals surface area contributed by atoms with Gasteiger partial charge in [-0.3, -0.25) is 9.59 Å². The van der Waals surface area contributed by atoms with Crippen LogP contribution in [0.1, 0.15) is 39.9 Å². The Kier molecular flexibility index (Phi) is 4.99. The summed E-state index contributed by atoms with van der Waals surface area (Å²) in [4.78, 5) is 35.3. The summed E-state index contributed by atoms with van der Waals surface area (Å²) < 4.78 is 6.02. The molecule has 2 N–H and O–H groups in total. The first kappa shape index (κ1) is 19.6. The molecular weight excluding hydrogens is 382 g/mol. The molecule has 2 unspecified atom stereocenters. The first-order chi connectivity index (χ1) is 14.3. The first-order valence-electron chi connectivity index (χ1n) is 9.66. The van der Waals surface area contributed by atoms with E-state index >= 15 is 0 Å². The molecule has 0 spiro atoms. The highest BCUT2D eigenvalue weighted by atomic mass is 16.5. The van der Waals surface area contributed by atoms with E-state index in [0.29, 0.717) is 22.8 Å². The van der Waals surface area contributed by atoms with Crippen molar-refractivity contribution in [3.63, 3.8) is 0 Å². The van der Waals surface area contributed by atoms with Crippen molar-refractivity contribution in [3.05, 3.63) is 82.6 Å². The van der Waals surface area contributed by atoms with E-state index in [2.05, 4.69) is 5.32 Å². The Labute approximate surface area is 173 Å². The number of carboxylic acid groups (broad SMARTS) is 1. The van der Waals surface area contributed by atoms with Crippen molar-refractivity contribution < 1.29 is 24.2 Å². The Balaban J connectivity index is 1.86. The van der Waals surface area contributed by atoms with Crippen molar-refractivity contribution in [2.24, 2.45) is 5.92 Å². The lowest BCUT2D eigenvalue weighted by Gasteiger charge is -2.36. The minimum Gasteiger partial charge on any atom is -0.478 e. The van der Waals surface area contributed by atoms with Gasteiger partial charge in [0.2, 0.25) is 0 Å². The number of Topliss-reactive ketones (excluding diaryl/α,β-unsaturated/α-hetero) is 1. The second-order valence-electron chi connectivity index (χ2n) is 7.62. The number of nitrogens with one attached hydrogen (secondary N) is 1. The number of ketones is 2. The zero-order chi connectivity index (χ0) is 21.4. The van der Waals surface area contributed by atoms with Crippen molar-refractivity contribution in [2.45, 2.75) is 19.8 Å². The molecule has 30 heavy (non-hydrogen) atoms. The fourth-order valence-corrected chi connectivity index (χ4v) is 3.97. The van der Waals surface area contributed by atoms with E-state index in [1.165, 1.54) is 19.1 Å². The number of ether oxygens (including phenoxy) is 1. The van der Waals surface area contributed by atoms with Gasteiger partial charge in [-0.1, -0.05) is 24.3 Å². The van der Waals surface area contributed by atoms with Gasteiger partial charge in [0.1, 0.15) is 17.3 Å². The van der Waals surface area contributed by atoms with Crippen LogP contribution in [-0.2, 0) is 9.59 Å². The first-order valence-corrected chi connectivity index (χ1v) is 9.66. The molecule has 1 aliphatic carbocycles. The molecule has 0 amide bonds. The number of hydrogen-bond acceptors (Lipinski definition) is 5. The van der Waals surface area contributed by atoms with E-state index in [1.807, 2.05) is 25.1 Å². The number of carboxylic acids is 1. The van der Waals surface area contributed by atoms with Gasteiger partial charge in [0.05, 0.1) is 12.1 Å². The van der Waals surface area contributed by atoms with Crippen LogP contribution in [0.15, 0.2) is 60.4 Å². The molecule has 6 nitrogen and oxygen atoms in total. The molecule has 1 heterocycles. The second-order valence-corrected chi connectivity index (χ2v) is 7.62. The summed E-state index contributed by atoms with van der Waals surface area (Å²) in [6, 6.07) is 10.9. The molecule has 2 atom stereocenters. The average molecular weight is 403 g/mol. The molecule has 2 aliphatic rings. The summed E-state index contributed by atoms with van der Waals surface area (Å²) in [6.07, 6.45) is 4.73. The summed E-state index contributed by atoms with van der Waals surface area (Å²) in [5.74, 6) is -0.723. The standard InChI is InChI=1S/C24H21NO5/c1-13-3-6-18-21(9-13)30-22-11-16(27)5-8-19(22)23(18)17-7-4-15(25-12-14(2)26)10-20(17)24(28)29/h3-11,19,23,25H,12H2,1-2H3,(H,28,29). The minimum atomic E-state index is -1.06. The number of fused-ring (bicyclic) bond motifs is 2. The molecule has 152 valence electrons. The molecule has 0 fully saturated rings. The van der Waals surface area contributed by atoms with Gasteiger partial charge >= 0.3 is 5.97 Å². The van der Waals surface area contributed by atoms with E-state index in [-0.39, 0.29) is 35.5 Å². The number of carbonyl (C=O) groups is 3. The van der Waals surface area contributed by atoms with Gasteiger partial charge in [-0.2, -0.15) is 0 Å². The molecule has 6 heteroatoms. The Morgan fingerprint density at radius 3 is 2.63 bits per heavy atom. The summed E-state index contributed by atoms with van der Waals surface area (Å²) in [5.41, 5.74) is 3.21. The van der Waals surface area contributed by atoms with E-state index in [9.17, 15) is 19.5 Å². The predicted octanol–water partition coefficient (Wildman–Crippen LogP) is 3.86. The number of aryl methyl sites for hydroxylation is 1. The van der Waals surface area contributed by atoms with Crippen LogP contribution in [-0.4, -0.2) is 29.2 Å². The van der Waals surface area contributed by atoms with E-state index in [0.717, 1.165) is 11.1 Å². The normalized spacial score (nSPS) is 19.3. The van der Waals surface area contributed by atoms with Crippen molar-refractivity contribution >= 4 is 23.2 Å². The summed E-state index contributed by atoms with van der Waals surface area (Å²) >= 11 is 0. The van der Waals surface area contributed by atoms with Crippen LogP contribution in [0.2, 0.25) is 0 Å². The van der Waals surface area contributed by atoms with Crippen LogP contribution in [0.25, 0.3) is 0 Å². The molecule has 4 rings (SSSR count). The van der Waals surface area contributed by atoms with Gasteiger partial charge in [-0.25, -0.2) is 4.79 Å². The maximum atomic E-state index is 12.1. The SMILES string of the molecule is CC(=O)CNc1ccc(C2c3ccc(C)cc3OC3=CC(=O)C=CC32)c(C(=O)O)c1. The van der Waals surface area contributed by atoms with Crippen LogP contribution < -0.4 is 10.1 Å². The van der Waals surface area contributed by atoms with Crippen LogP contribution in [0.3, 0.4) is 0 Å². The maximum absolute atomic E-state index is 12.1. The van der Waals surface area contributed by atoms with Crippen molar-refractivity contribution in [2.75, 3.05) is 11.9 Å². The van der Waals surface area contributed by atoms with E-state index < -0.39 is 5.97 Å². The van der Waals surface area contributed by atoms with Crippen LogP contribution in [0, 0.1) is 12.8 Å². The van der Waals surface area contributed by atoms with Gasteiger partial charge in [-0.15, -0.1) is 0 Å². The molecule has 1 aliphatic heterocycles. The number of allylic oxidation sites excluding steroid dienone is 3. The molecule has 2 aromatic carbocycles. The highest BCUT2D eigenvalue weighted by Gasteiger charge is 2.38. The maximum Gasteiger partial charge on any atom is 0.336 e. The zero-order valence-electron chi connectivity index (χ0n) is 16.6. The molecule has 0 radical (unpaired) electrons. The topological polar surface area (TPSA) is 92.7 Å². The smallest absolute Gasteiger partial charge is 0.336 e. The lowest BCUT2D eigenvalue weighted by molar-refractivity contribution is -0.115. The predicted molar refractivity (Wildman–Crippen MR) is 112 cm³/mol. The number of rotatable bonds is 5. The van der Waals surface area contributed by atoms with Gasteiger partial charge in [0.15, 0.2) is 5.78 Å². The van der Waals surface area contributed by atoms with E-state index in [1.54, 1.807) is 24.3 Å². The fraction of sp³-hybridized carbons (Fsp3) is 0.208. The van der Waals surface area contributed by atoms with Crippen molar-refractivity contribution in [1.82, 2.24) is 0 Å². The quantitative estimate of drug-likeness (QED) is 0.788. The van der Waals surface area contributed by atoms with Crippen molar-refractivity contribution in [1.29, 1.82) is 0 Å². The number of carbonyl (C=O) groups excluding carboxylic acids is 2. The zero-order valence-corrected chi connectivity index (χ0v) is 16.6. The van der Waals surface area contributed by atoms with Gasteiger partial charge in [0.25, 0.3) is 0 Å². The number of anilines is 1. The summed E-state index contributed by atoms with van der Waals surface area (Å²) in [7, 11) is 0. The Morgan fingerprint density at radius 2 is 1.90 bits per heavy atom. The van der Waals surface area contributed by atoms with Gasteiger partial charge in [0, 0.05) is 29.2 Å². The molecule has 0 saturated carbocycles. The fourth-order valence-electron chi connectivity index (χ4n) is 3.97. The van der Waals surface area contributed by atoms with Crippen LogP contribution in [0.4, 0.5) is 5.69 Å². The Bertz CT molecular complexity index is 1130. The molecule has 0 bridgehead atoms. The third-order valence-electron chi connectivity index (χ3n) is 5.33. The molecule has 2 aromatic rings. The number of hydrogen-bond donors (Lipinski definition) is 2. The lowest BCUT2D eigenvalue weighted by Crippen LogP contribution is -2.27. The minimum absolute atomic E-state index is 0.0449. The Hall–Kier alpha value is -3.67. The Morgan fingerprint density at radius 1 is 1.13 bits per heavy atom. The van der Waals surface area contributed by atoms with Crippen LogP contribution >= 0.6 is 0 Å². The number of benzene rings is 2. The molecule has 0 aromatic heterocycles. The van der Waals surface area contributed by atoms with Gasteiger partial charge < -0.3 is 15.2 Å². The summed E-state index contributed by atoms with van der Waals surface area (Å²) in [5, 5.41) is 12.9. The number of aromatic carboxylic acids is 1. The third kappa shape index (κ3) is 3.64. The largest absolute Gasteiger partial charge is 0.478 e. The average Bonchev–Trinajstić information content (AvgIpc) is 2.70. The van der Waals surface area contributed by atoms with Gasteiger partial charge in [-0.05, 0) is 49.2 Å². The van der Waals surface area contributed by atoms with E-state index in [4.69, 9.17) is 4.74 Å². The van der Waals surface area contributed by atoms with Crippen molar-refractivity contribution in [3.8, 4) is 5.75 Å². The highest BCUT2D eigenvalue weighted by Crippen LogP contribution is 2.48. The highest BCUT2D eigenvalue weighted by molar-refractivity contribution is 6.01.